The van der Waals surface area contributed by atoms with Crippen molar-refractivity contribution in [3.8, 4) is 0 Å². The van der Waals surface area contributed by atoms with Crippen molar-refractivity contribution in [3.63, 3.8) is 0 Å². The minimum atomic E-state index is -0.399. The molecule has 1 nitrogen and oxygen atoms in total. The van der Waals surface area contributed by atoms with Crippen molar-refractivity contribution in [2.24, 2.45) is 28.6 Å². The van der Waals surface area contributed by atoms with Gasteiger partial charge < -0.3 is 5.11 Å². The number of rotatable bonds is 0. The standard InChI is InChI=1S/C15H26O/c1-10-5-6-11-12-7-8-14(4,16)15(10,12)9-13(11,2)3/h10-12,16H,5-9H2,1-4H3/t10-,11-,12-,14+,15-/m1/s1. The summed E-state index contributed by atoms with van der Waals surface area (Å²) in [5, 5.41) is 10.9. The van der Waals surface area contributed by atoms with Crippen LogP contribution < -0.4 is 0 Å². The number of aliphatic hydroxyl groups is 1. The van der Waals surface area contributed by atoms with Crippen molar-refractivity contribution in [1.82, 2.24) is 0 Å². The Bertz CT molecular complexity index is 317. The van der Waals surface area contributed by atoms with Gasteiger partial charge in [0.1, 0.15) is 0 Å². The van der Waals surface area contributed by atoms with E-state index in [9.17, 15) is 5.11 Å². The molecule has 3 aliphatic rings. The first kappa shape index (κ1) is 11.1. The number of hydrogen-bond donors (Lipinski definition) is 1. The minimum absolute atomic E-state index is 0.249. The van der Waals surface area contributed by atoms with Crippen LogP contribution in [-0.4, -0.2) is 10.7 Å². The molecule has 16 heavy (non-hydrogen) atoms. The molecule has 3 rings (SSSR count). The van der Waals surface area contributed by atoms with Gasteiger partial charge in [0.15, 0.2) is 0 Å². The van der Waals surface area contributed by atoms with Gasteiger partial charge in [-0.3, -0.25) is 0 Å². The van der Waals surface area contributed by atoms with Gasteiger partial charge in [-0.1, -0.05) is 20.8 Å². The van der Waals surface area contributed by atoms with Gasteiger partial charge in [0.05, 0.1) is 5.60 Å². The number of hydrogen-bond acceptors (Lipinski definition) is 1. The second-order valence-corrected chi connectivity index (χ2v) is 7.71. The Kier molecular flexibility index (Phi) is 1.98. The van der Waals surface area contributed by atoms with E-state index in [1.165, 1.54) is 25.7 Å². The third-order valence-electron chi connectivity index (χ3n) is 6.63. The molecule has 1 N–H and O–H groups in total. The van der Waals surface area contributed by atoms with Crippen molar-refractivity contribution in [3.05, 3.63) is 0 Å². The van der Waals surface area contributed by atoms with Gasteiger partial charge in [0.25, 0.3) is 0 Å². The Balaban J connectivity index is 2.12. The summed E-state index contributed by atoms with van der Waals surface area (Å²) in [6, 6.07) is 0. The van der Waals surface area contributed by atoms with Gasteiger partial charge in [-0.05, 0) is 62.2 Å². The van der Waals surface area contributed by atoms with E-state index in [1.54, 1.807) is 0 Å². The lowest BCUT2D eigenvalue weighted by molar-refractivity contribution is -0.103. The Morgan fingerprint density at radius 2 is 1.69 bits per heavy atom. The van der Waals surface area contributed by atoms with E-state index in [0.717, 1.165) is 18.3 Å². The van der Waals surface area contributed by atoms with Crippen LogP contribution in [0.2, 0.25) is 0 Å². The highest BCUT2D eigenvalue weighted by molar-refractivity contribution is 5.19. The van der Waals surface area contributed by atoms with Gasteiger partial charge >= 0.3 is 0 Å². The highest BCUT2D eigenvalue weighted by Crippen LogP contribution is 2.73. The molecule has 0 aromatic carbocycles. The van der Waals surface area contributed by atoms with Crippen molar-refractivity contribution in [1.29, 1.82) is 0 Å². The van der Waals surface area contributed by atoms with Crippen molar-refractivity contribution >= 4 is 0 Å². The molecule has 0 amide bonds. The zero-order chi connectivity index (χ0) is 11.8. The molecule has 0 unspecified atom stereocenters. The van der Waals surface area contributed by atoms with Gasteiger partial charge in [-0.25, -0.2) is 0 Å². The summed E-state index contributed by atoms with van der Waals surface area (Å²) in [6.07, 6.45) is 6.29. The van der Waals surface area contributed by atoms with E-state index in [4.69, 9.17) is 0 Å². The second kappa shape index (κ2) is 2.85. The smallest absolute Gasteiger partial charge is 0.0681 e. The van der Waals surface area contributed by atoms with Crippen molar-refractivity contribution in [2.75, 3.05) is 0 Å². The molecule has 3 fully saturated rings. The van der Waals surface area contributed by atoms with Gasteiger partial charge in [0.2, 0.25) is 0 Å². The molecule has 0 radical (unpaired) electrons. The molecule has 0 aromatic rings. The van der Waals surface area contributed by atoms with Crippen LogP contribution in [-0.2, 0) is 0 Å². The van der Waals surface area contributed by atoms with E-state index in [2.05, 4.69) is 27.7 Å². The van der Waals surface area contributed by atoms with E-state index < -0.39 is 5.60 Å². The normalized spacial score (nSPS) is 58.7. The molecule has 5 atom stereocenters. The third kappa shape index (κ3) is 1.02. The maximum Gasteiger partial charge on any atom is 0.0681 e. The average molecular weight is 222 g/mol. The summed E-state index contributed by atoms with van der Waals surface area (Å²) in [4.78, 5) is 0. The maximum atomic E-state index is 10.9. The Labute approximate surface area is 99.6 Å². The summed E-state index contributed by atoms with van der Waals surface area (Å²) < 4.78 is 0. The highest BCUT2D eigenvalue weighted by atomic mass is 16.3. The SMILES string of the molecule is C[C@@H]1CC[C@@H]2[C@H]3CC[C@](C)(O)[C@]13CC2(C)C. The lowest BCUT2D eigenvalue weighted by Gasteiger charge is -2.48. The van der Waals surface area contributed by atoms with E-state index in [0.29, 0.717) is 11.3 Å². The summed E-state index contributed by atoms with van der Waals surface area (Å²) in [5.41, 5.74) is 0.308. The van der Waals surface area contributed by atoms with Gasteiger partial charge in [-0.15, -0.1) is 0 Å². The predicted molar refractivity (Wildman–Crippen MR) is 66.1 cm³/mol. The van der Waals surface area contributed by atoms with Crippen LogP contribution in [0.15, 0.2) is 0 Å². The molecule has 0 heterocycles. The largest absolute Gasteiger partial charge is 0.390 e. The minimum Gasteiger partial charge on any atom is -0.390 e. The molecule has 1 heteroatoms. The lowest BCUT2D eigenvalue weighted by atomic mass is 9.58. The molecule has 92 valence electrons. The van der Waals surface area contributed by atoms with Gasteiger partial charge in [0, 0.05) is 5.41 Å². The molecule has 3 aliphatic carbocycles. The molecular weight excluding hydrogens is 196 g/mol. The fourth-order valence-corrected chi connectivity index (χ4v) is 5.99. The highest BCUT2D eigenvalue weighted by Gasteiger charge is 2.69. The lowest BCUT2D eigenvalue weighted by Crippen LogP contribution is -2.49. The molecule has 3 saturated carbocycles. The van der Waals surface area contributed by atoms with Crippen molar-refractivity contribution < 1.29 is 5.11 Å². The summed E-state index contributed by atoms with van der Waals surface area (Å²) in [5.74, 6) is 2.40. The molecular formula is C15H26O. The first-order valence-corrected chi connectivity index (χ1v) is 7.04. The van der Waals surface area contributed by atoms with E-state index in [-0.39, 0.29) is 5.41 Å². The van der Waals surface area contributed by atoms with Crippen LogP contribution >= 0.6 is 0 Å². The average Bonchev–Trinajstić information content (AvgIpc) is 2.50. The molecule has 0 spiro atoms. The summed E-state index contributed by atoms with van der Waals surface area (Å²) >= 11 is 0. The zero-order valence-corrected chi connectivity index (χ0v) is 11.2. The molecule has 0 aromatic heterocycles. The monoisotopic (exact) mass is 222 g/mol. The fraction of sp³-hybridized carbons (Fsp3) is 1.00. The van der Waals surface area contributed by atoms with Crippen molar-refractivity contribution in [2.45, 2.75) is 65.4 Å². The molecule has 0 saturated heterocycles. The topological polar surface area (TPSA) is 20.2 Å². The fourth-order valence-electron chi connectivity index (χ4n) is 5.99. The zero-order valence-electron chi connectivity index (χ0n) is 11.2. The Hall–Kier alpha value is -0.0400. The predicted octanol–water partition coefficient (Wildman–Crippen LogP) is 3.61. The Morgan fingerprint density at radius 1 is 1.00 bits per heavy atom. The summed E-state index contributed by atoms with van der Waals surface area (Å²) in [7, 11) is 0. The van der Waals surface area contributed by atoms with Crippen LogP contribution in [0.3, 0.4) is 0 Å². The van der Waals surface area contributed by atoms with Crippen LogP contribution in [0.5, 0.6) is 0 Å². The van der Waals surface area contributed by atoms with Crippen LogP contribution in [0.1, 0.15) is 59.8 Å². The van der Waals surface area contributed by atoms with Gasteiger partial charge in [-0.2, -0.15) is 0 Å². The maximum absolute atomic E-state index is 10.9. The first-order chi connectivity index (χ1) is 7.31. The Morgan fingerprint density at radius 3 is 2.31 bits per heavy atom. The quantitative estimate of drug-likeness (QED) is 0.664. The van der Waals surface area contributed by atoms with E-state index >= 15 is 0 Å². The van der Waals surface area contributed by atoms with E-state index in [1.807, 2.05) is 0 Å². The second-order valence-electron chi connectivity index (χ2n) is 7.71. The molecule has 2 bridgehead atoms. The van der Waals surface area contributed by atoms with Crippen LogP contribution in [0, 0.1) is 28.6 Å². The molecule has 0 aliphatic heterocycles. The third-order valence-corrected chi connectivity index (χ3v) is 6.63. The van der Waals surface area contributed by atoms with Crippen LogP contribution in [0.25, 0.3) is 0 Å². The summed E-state index contributed by atoms with van der Waals surface area (Å²) in [6.45, 7) is 9.38. The first-order valence-electron chi connectivity index (χ1n) is 7.04. The van der Waals surface area contributed by atoms with Crippen LogP contribution in [0.4, 0.5) is 0 Å².